The summed E-state index contributed by atoms with van der Waals surface area (Å²) in [6, 6.07) is 8.70. The van der Waals surface area contributed by atoms with E-state index in [1.54, 1.807) is 4.90 Å². The number of rotatable bonds is 3. The standard InChI is InChI=1S/C21H29N3O2/c1-4-23-20(26)24(18-13-16-7-5-6-8-17(16)14-18)19(25)21(23)9-11-22(12-10-21)15(2)3/h5-8,15,18H,4,9-14H2,1-3H3. The van der Waals surface area contributed by atoms with Crippen molar-refractivity contribution in [2.75, 3.05) is 19.6 Å². The number of carbonyl (C=O) groups is 2. The molecule has 5 heteroatoms. The van der Waals surface area contributed by atoms with Gasteiger partial charge in [-0.2, -0.15) is 0 Å². The maximum absolute atomic E-state index is 13.5. The van der Waals surface area contributed by atoms with Crippen molar-refractivity contribution in [3.8, 4) is 0 Å². The summed E-state index contributed by atoms with van der Waals surface area (Å²) in [7, 11) is 0. The van der Waals surface area contributed by atoms with Gasteiger partial charge in [-0.15, -0.1) is 0 Å². The highest BCUT2D eigenvalue weighted by Gasteiger charge is 2.59. The zero-order valence-electron chi connectivity index (χ0n) is 16.1. The Hall–Kier alpha value is -1.88. The molecule has 1 spiro atoms. The quantitative estimate of drug-likeness (QED) is 0.783. The zero-order valence-corrected chi connectivity index (χ0v) is 16.1. The third-order valence-electron chi connectivity index (χ3n) is 6.64. The summed E-state index contributed by atoms with van der Waals surface area (Å²) < 4.78 is 0. The van der Waals surface area contributed by atoms with Crippen molar-refractivity contribution in [1.29, 1.82) is 0 Å². The van der Waals surface area contributed by atoms with Gasteiger partial charge in [0.2, 0.25) is 0 Å². The van der Waals surface area contributed by atoms with Gasteiger partial charge in [0.25, 0.3) is 5.91 Å². The molecule has 0 radical (unpaired) electrons. The van der Waals surface area contributed by atoms with Crippen molar-refractivity contribution in [3.05, 3.63) is 35.4 Å². The second kappa shape index (κ2) is 6.38. The third kappa shape index (κ3) is 2.48. The number of amides is 3. The van der Waals surface area contributed by atoms with Crippen LogP contribution < -0.4 is 0 Å². The Morgan fingerprint density at radius 3 is 2.15 bits per heavy atom. The van der Waals surface area contributed by atoms with Crippen molar-refractivity contribution in [2.24, 2.45) is 0 Å². The van der Waals surface area contributed by atoms with E-state index in [2.05, 4.69) is 30.9 Å². The van der Waals surface area contributed by atoms with Gasteiger partial charge in [0, 0.05) is 31.7 Å². The molecule has 140 valence electrons. The Bertz CT molecular complexity index is 697. The number of fused-ring (bicyclic) bond motifs is 1. The summed E-state index contributed by atoms with van der Waals surface area (Å²) in [5.74, 6) is 0.0468. The highest BCUT2D eigenvalue weighted by atomic mass is 16.2. The number of piperidine rings is 1. The fourth-order valence-electron chi connectivity index (χ4n) is 5.11. The van der Waals surface area contributed by atoms with Gasteiger partial charge in [0.15, 0.2) is 0 Å². The molecule has 0 saturated carbocycles. The van der Waals surface area contributed by atoms with Crippen molar-refractivity contribution >= 4 is 11.9 Å². The summed E-state index contributed by atoms with van der Waals surface area (Å²) in [4.78, 5) is 32.6. The Labute approximate surface area is 155 Å². The fourth-order valence-corrected chi connectivity index (χ4v) is 5.11. The highest BCUT2D eigenvalue weighted by Crippen LogP contribution is 2.40. The number of nitrogens with zero attached hydrogens (tertiary/aromatic N) is 3. The molecule has 0 bridgehead atoms. The van der Waals surface area contributed by atoms with E-state index in [0.717, 1.165) is 38.8 Å². The van der Waals surface area contributed by atoms with Gasteiger partial charge in [0.05, 0.1) is 0 Å². The summed E-state index contributed by atoms with van der Waals surface area (Å²) in [5, 5.41) is 0. The monoisotopic (exact) mass is 355 g/mol. The first-order chi connectivity index (χ1) is 12.5. The van der Waals surface area contributed by atoms with Crippen LogP contribution in [-0.2, 0) is 17.6 Å². The second-order valence-electron chi connectivity index (χ2n) is 8.19. The minimum atomic E-state index is -0.619. The molecule has 26 heavy (non-hydrogen) atoms. The number of imide groups is 1. The van der Waals surface area contributed by atoms with E-state index in [4.69, 9.17) is 0 Å². The Balaban J connectivity index is 1.59. The van der Waals surface area contributed by atoms with Crippen LogP contribution in [-0.4, -0.2) is 63.9 Å². The topological polar surface area (TPSA) is 43.9 Å². The Morgan fingerprint density at radius 2 is 1.65 bits per heavy atom. The summed E-state index contributed by atoms with van der Waals surface area (Å²) in [5.41, 5.74) is 1.93. The van der Waals surface area contributed by atoms with Gasteiger partial charge in [-0.05, 0) is 57.6 Å². The molecule has 0 atom stereocenters. The summed E-state index contributed by atoms with van der Waals surface area (Å²) in [6.07, 6.45) is 3.08. The number of urea groups is 1. The lowest BCUT2D eigenvalue weighted by atomic mass is 9.85. The van der Waals surface area contributed by atoms with Gasteiger partial charge in [-0.1, -0.05) is 24.3 Å². The molecule has 5 nitrogen and oxygen atoms in total. The molecule has 3 amide bonds. The molecule has 0 unspecified atom stereocenters. The van der Waals surface area contributed by atoms with Crippen LogP contribution in [0.3, 0.4) is 0 Å². The van der Waals surface area contributed by atoms with E-state index < -0.39 is 5.54 Å². The van der Waals surface area contributed by atoms with Crippen molar-refractivity contribution in [3.63, 3.8) is 0 Å². The molecule has 1 aromatic rings. The van der Waals surface area contributed by atoms with Crippen molar-refractivity contribution in [2.45, 2.75) is 64.1 Å². The second-order valence-corrected chi connectivity index (χ2v) is 8.19. The Kier molecular flexibility index (Phi) is 4.30. The van der Waals surface area contributed by atoms with Crippen LogP contribution in [0, 0.1) is 0 Å². The van der Waals surface area contributed by atoms with Crippen LogP contribution in [0.25, 0.3) is 0 Å². The van der Waals surface area contributed by atoms with Gasteiger partial charge in [-0.3, -0.25) is 9.69 Å². The van der Waals surface area contributed by atoms with Crippen LogP contribution in [0.2, 0.25) is 0 Å². The molecule has 2 saturated heterocycles. The lowest BCUT2D eigenvalue weighted by molar-refractivity contribution is -0.137. The van der Waals surface area contributed by atoms with E-state index in [1.165, 1.54) is 11.1 Å². The minimum Gasteiger partial charge on any atom is -0.310 e. The van der Waals surface area contributed by atoms with E-state index in [-0.39, 0.29) is 18.0 Å². The van der Waals surface area contributed by atoms with Gasteiger partial charge >= 0.3 is 6.03 Å². The number of hydrogen-bond acceptors (Lipinski definition) is 3. The van der Waals surface area contributed by atoms with Crippen LogP contribution in [0.1, 0.15) is 44.7 Å². The molecular weight excluding hydrogens is 326 g/mol. The molecule has 1 aromatic carbocycles. The fraction of sp³-hybridized carbons (Fsp3) is 0.619. The average molecular weight is 355 g/mol. The molecule has 0 N–H and O–H groups in total. The molecule has 2 aliphatic heterocycles. The minimum absolute atomic E-state index is 0.0241. The summed E-state index contributed by atoms with van der Waals surface area (Å²) in [6.45, 7) is 8.74. The van der Waals surface area contributed by atoms with Crippen LogP contribution in [0.5, 0.6) is 0 Å². The van der Waals surface area contributed by atoms with Gasteiger partial charge in [0.1, 0.15) is 5.54 Å². The Morgan fingerprint density at radius 1 is 1.08 bits per heavy atom. The number of carbonyl (C=O) groups excluding carboxylic acids is 2. The average Bonchev–Trinajstić information content (AvgIpc) is 3.13. The van der Waals surface area contributed by atoms with E-state index in [9.17, 15) is 9.59 Å². The maximum atomic E-state index is 13.5. The normalized spacial score (nSPS) is 23.5. The predicted molar refractivity (Wildman–Crippen MR) is 101 cm³/mol. The molecule has 2 heterocycles. The molecule has 1 aliphatic carbocycles. The summed E-state index contributed by atoms with van der Waals surface area (Å²) >= 11 is 0. The molecular formula is C21H29N3O2. The maximum Gasteiger partial charge on any atom is 0.327 e. The molecule has 3 aliphatic rings. The third-order valence-corrected chi connectivity index (χ3v) is 6.64. The lowest BCUT2D eigenvalue weighted by Gasteiger charge is -2.43. The van der Waals surface area contributed by atoms with Crippen LogP contribution >= 0.6 is 0 Å². The number of benzene rings is 1. The first kappa shape index (κ1) is 17.5. The van der Waals surface area contributed by atoms with Crippen molar-refractivity contribution < 1.29 is 9.59 Å². The van der Waals surface area contributed by atoms with Crippen LogP contribution in [0.15, 0.2) is 24.3 Å². The SMILES string of the molecule is CCN1C(=O)N(C2Cc3ccccc3C2)C(=O)C12CCN(C(C)C)CC2. The largest absolute Gasteiger partial charge is 0.327 e. The first-order valence-electron chi connectivity index (χ1n) is 9.94. The molecule has 0 aromatic heterocycles. The first-order valence-corrected chi connectivity index (χ1v) is 9.94. The molecule has 2 fully saturated rings. The number of likely N-dealkylation sites (tertiary alicyclic amines) is 1. The van der Waals surface area contributed by atoms with E-state index >= 15 is 0 Å². The number of hydrogen-bond donors (Lipinski definition) is 0. The number of likely N-dealkylation sites (N-methyl/N-ethyl adjacent to an activating group) is 1. The predicted octanol–water partition coefficient (Wildman–Crippen LogP) is 2.68. The van der Waals surface area contributed by atoms with Crippen LogP contribution in [0.4, 0.5) is 4.79 Å². The molecule has 4 rings (SSSR count). The van der Waals surface area contributed by atoms with E-state index in [1.807, 2.05) is 24.0 Å². The van der Waals surface area contributed by atoms with Gasteiger partial charge in [-0.25, -0.2) is 4.79 Å². The highest BCUT2D eigenvalue weighted by molar-refractivity contribution is 6.07. The lowest BCUT2D eigenvalue weighted by Crippen LogP contribution is -2.57. The smallest absolute Gasteiger partial charge is 0.310 e. The van der Waals surface area contributed by atoms with E-state index in [0.29, 0.717) is 12.6 Å². The van der Waals surface area contributed by atoms with Crippen molar-refractivity contribution in [1.82, 2.24) is 14.7 Å². The van der Waals surface area contributed by atoms with Gasteiger partial charge < -0.3 is 9.80 Å². The zero-order chi connectivity index (χ0) is 18.5.